The topological polar surface area (TPSA) is 59.3 Å². The molecule has 0 aliphatic carbocycles. The fourth-order valence-corrected chi connectivity index (χ4v) is 2.51. The third-order valence-corrected chi connectivity index (χ3v) is 4.13. The van der Waals surface area contributed by atoms with Crippen LogP contribution in [0.15, 0.2) is 63.8 Å². The molecule has 4 nitrogen and oxygen atoms in total. The number of carbonyl (C=O) groups is 1. The SMILES string of the molecule is O=C(/C=C/c1cccc(Cl)c1Cl)Nc1cc2ccccc2oc1=O. The van der Waals surface area contributed by atoms with Crippen molar-refractivity contribution >= 4 is 51.8 Å². The Labute approximate surface area is 147 Å². The largest absolute Gasteiger partial charge is 0.421 e. The highest BCUT2D eigenvalue weighted by Gasteiger charge is 2.07. The van der Waals surface area contributed by atoms with Crippen LogP contribution in [-0.4, -0.2) is 5.91 Å². The van der Waals surface area contributed by atoms with E-state index >= 15 is 0 Å². The van der Waals surface area contributed by atoms with Gasteiger partial charge in [-0.05, 0) is 29.8 Å². The van der Waals surface area contributed by atoms with Crippen LogP contribution >= 0.6 is 23.2 Å². The van der Waals surface area contributed by atoms with Crippen LogP contribution in [0.2, 0.25) is 10.0 Å². The third kappa shape index (κ3) is 3.50. The van der Waals surface area contributed by atoms with E-state index in [0.29, 0.717) is 26.6 Å². The van der Waals surface area contributed by atoms with Gasteiger partial charge in [0.2, 0.25) is 5.91 Å². The maximum absolute atomic E-state index is 12.0. The highest BCUT2D eigenvalue weighted by molar-refractivity contribution is 6.42. The number of hydrogen-bond acceptors (Lipinski definition) is 3. The molecule has 24 heavy (non-hydrogen) atoms. The first-order chi connectivity index (χ1) is 11.5. The molecule has 1 N–H and O–H groups in total. The van der Waals surface area contributed by atoms with Crippen molar-refractivity contribution in [1.82, 2.24) is 0 Å². The predicted octanol–water partition coefficient (Wildman–Crippen LogP) is 4.75. The molecule has 6 heteroatoms. The van der Waals surface area contributed by atoms with Crippen molar-refractivity contribution in [3.63, 3.8) is 0 Å². The molecular weight excluding hydrogens is 349 g/mol. The second-order valence-electron chi connectivity index (χ2n) is 4.95. The van der Waals surface area contributed by atoms with E-state index in [1.165, 1.54) is 12.2 Å². The van der Waals surface area contributed by atoms with Crippen molar-refractivity contribution in [2.75, 3.05) is 5.32 Å². The summed E-state index contributed by atoms with van der Waals surface area (Å²) in [7, 11) is 0. The molecule has 0 saturated heterocycles. The van der Waals surface area contributed by atoms with Crippen molar-refractivity contribution in [2.24, 2.45) is 0 Å². The number of rotatable bonds is 3. The molecule has 0 saturated carbocycles. The number of fused-ring (bicyclic) bond motifs is 1. The zero-order chi connectivity index (χ0) is 17.1. The van der Waals surface area contributed by atoms with Crippen LogP contribution in [0.25, 0.3) is 17.0 Å². The highest BCUT2D eigenvalue weighted by Crippen LogP contribution is 2.26. The van der Waals surface area contributed by atoms with E-state index in [1.54, 1.807) is 42.5 Å². The Bertz CT molecular complexity index is 1010. The van der Waals surface area contributed by atoms with E-state index in [9.17, 15) is 9.59 Å². The first-order valence-electron chi connectivity index (χ1n) is 7.00. The zero-order valence-electron chi connectivity index (χ0n) is 12.3. The van der Waals surface area contributed by atoms with Crippen LogP contribution in [0, 0.1) is 0 Å². The fraction of sp³-hybridized carbons (Fsp3) is 0. The first-order valence-corrected chi connectivity index (χ1v) is 7.76. The van der Waals surface area contributed by atoms with Gasteiger partial charge in [-0.2, -0.15) is 0 Å². The summed E-state index contributed by atoms with van der Waals surface area (Å²) in [6.45, 7) is 0. The van der Waals surface area contributed by atoms with E-state index in [1.807, 2.05) is 6.07 Å². The lowest BCUT2D eigenvalue weighted by Crippen LogP contribution is -2.15. The zero-order valence-corrected chi connectivity index (χ0v) is 13.8. The van der Waals surface area contributed by atoms with Crippen molar-refractivity contribution in [3.05, 3.63) is 80.6 Å². The minimum absolute atomic E-state index is 0.0699. The molecule has 1 aromatic heterocycles. The van der Waals surface area contributed by atoms with Gasteiger partial charge in [0.15, 0.2) is 0 Å². The third-order valence-electron chi connectivity index (χ3n) is 3.30. The fourth-order valence-electron chi connectivity index (χ4n) is 2.14. The molecule has 1 heterocycles. The number of para-hydroxylation sites is 1. The Morgan fingerprint density at radius 3 is 2.71 bits per heavy atom. The van der Waals surface area contributed by atoms with Crippen molar-refractivity contribution in [2.45, 2.75) is 0 Å². The Balaban J connectivity index is 1.82. The van der Waals surface area contributed by atoms with Gasteiger partial charge < -0.3 is 9.73 Å². The van der Waals surface area contributed by atoms with E-state index in [-0.39, 0.29) is 5.69 Å². The minimum atomic E-state index is -0.615. The molecule has 3 rings (SSSR count). The lowest BCUT2D eigenvalue weighted by molar-refractivity contribution is -0.111. The number of anilines is 1. The predicted molar refractivity (Wildman–Crippen MR) is 96.6 cm³/mol. The van der Waals surface area contributed by atoms with Gasteiger partial charge >= 0.3 is 5.63 Å². The van der Waals surface area contributed by atoms with Gasteiger partial charge in [0, 0.05) is 11.5 Å². The monoisotopic (exact) mass is 359 g/mol. The number of benzene rings is 2. The Kier molecular flexibility index (Phi) is 4.69. The summed E-state index contributed by atoms with van der Waals surface area (Å²) in [6, 6.07) is 13.7. The summed E-state index contributed by atoms with van der Waals surface area (Å²) < 4.78 is 5.16. The van der Waals surface area contributed by atoms with Gasteiger partial charge in [0.1, 0.15) is 11.3 Å². The number of nitrogens with one attached hydrogen (secondary N) is 1. The summed E-state index contributed by atoms with van der Waals surface area (Å²) in [6.07, 6.45) is 2.79. The Hall–Kier alpha value is -2.56. The molecule has 3 aromatic rings. The average molecular weight is 360 g/mol. The van der Waals surface area contributed by atoms with Crippen molar-refractivity contribution in [3.8, 4) is 0 Å². The van der Waals surface area contributed by atoms with Crippen LogP contribution in [0.5, 0.6) is 0 Å². The molecule has 0 unspecified atom stereocenters. The molecule has 120 valence electrons. The van der Waals surface area contributed by atoms with E-state index in [4.69, 9.17) is 27.6 Å². The van der Waals surface area contributed by atoms with E-state index < -0.39 is 11.5 Å². The maximum atomic E-state index is 12.0. The van der Waals surface area contributed by atoms with Gasteiger partial charge in [-0.1, -0.05) is 53.5 Å². The van der Waals surface area contributed by atoms with Gasteiger partial charge in [-0.15, -0.1) is 0 Å². The minimum Gasteiger partial charge on any atom is -0.421 e. The molecule has 0 aliphatic rings. The number of amides is 1. The van der Waals surface area contributed by atoms with Crippen LogP contribution in [0.4, 0.5) is 5.69 Å². The Morgan fingerprint density at radius 1 is 1.08 bits per heavy atom. The van der Waals surface area contributed by atoms with Gasteiger partial charge in [0.25, 0.3) is 0 Å². The normalized spacial score (nSPS) is 11.1. The number of halogens is 2. The summed E-state index contributed by atoms with van der Waals surface area (Å²) >= 11 is 12.0. The number of carbonyl (C=O) groups excluding carboxylic acids is 1. The van der Waals surface area contributed by atoms with E-state index in [2.05, 4.69) is 5.32 Å². The molecule has 1 amide bonds. The second-order valence-corrected chi connectivity index (χ2v) is 5.74. The molecule has 0 atom stereocenters. The smallest absolute Gasteiger partial charge is 0.360 e. The summed E-state index contributed by atoms with van der Waals surface area (Å²) in [5.74, 6) is -0.478. The summed E-state index contributed by atoms with van der Waals surface area (Å²) in [5, 5.41) is 3.97. The average Bonchev–Trinajstić information content (AvgIpc) is 2.57. The summed E-state index contributed by atoms with van der Waals surface area (Å²) in [4.78, 5) is 23.9. The molecule has 0 radical (unpaired) electrons. The maximum Gasteiger partial charge on any atom is 0.360 e. The molecule has 0 aliphatic heterocycles. The highest BCUT2D eigenvalue weighted by atomic mass is 35.5. The molecular formula is C18H11Cl2NO3. The van der Waals surface area contributed by atoms with Gasteiger partial charge in [-0.25, -0.2) is 4.79 Å². The first kappa shape index (κ1) is 16.3. The van der Waals surface area contributed by atoms with Crippen LogP contribution in [0.1, 0.15) is 5.56 Å². The molecule has 0 spiro atoms. The van der Waals surface area contributed by atoms with Crippen molar-refractivity contribution in [1.29, 1.82) is 0 Å². The molecule has 0 bridgehead atoms. The molecule has 2 aromatic carbocycles. The lowest BCUT2D eigenvalue weighted by atomic mass is 10.2. The quantitative estimate of drug-likeness (QED) is 0.542. The summed E-state index contributed by atoms with van der Waals surface area (Å²) in [5.41, 5.74) is 0.517. The van der Waals surface area contributed by atoms with E-state index in [0.717, 1.165) is 0 Å². The van der Waals surface area contributed by atoms with Crippen LogP contribution < -0.4 is 10.9 Å². The number of hydrogen-bond donors (Lipinski definition) is 1. The van der Waals surface area contributed by atoms with Gasteiger partial charge in [0.05, 0.1) is 10.0 Å². The Morgan fingerprint density at radius 2 is 1.88 bits per heavy atom. The second kappa shape index (κ2) is 6.91. The molecule has 0 fully saturated rings. The van der Waals surface area contributed by atoms with Crippen molar-refractivity contribution < 1.29 is 9.21 Å². The van der Waals surface area contributed by atoms with Gasteiger partial charge in [-0.3, -0.25) is 4.79 Å². The van der Waals surface area contributed by atoms with Crippen LogP contribution in [0.3, 0.4) is 0 Å². The van der Waals surface area contributed by atoms with Crippen LogP contribution in [-0.2, 0) is 4.79 Å². The lowest BCUT2D eigenvalue weighted by Gasteiger charge is -2.03. The standard InChI is InChI=1S/C18H11Cl2NO3/c19-13-6-3-5-11(17(13)20)8-9-16(22)21-14-10-12-4-1-2-7-15(12)24-18(14)23/h1-10H,(H,21,22)/b9-8+.